The first-order valence-electron chi connectivity index (χ1n) is 17.0. The summed E-state index contributed by atoms with van der Waals surface area (Å²) in [6.07, 6.45) is 22.1. The SMILES string of the molecule is CCCCN(NCC1(N)CCCCC1)C1(N2CCCCC2)NCCCC1N(CCC)NCC1(N)CCCCC1. The van der Waals surface area contributed by atoms with Gasteiger partial charge in [-0.05, 0) is 70.8 Å². The summed E-state index contributed by atoms with van der Waals surface area (Å²) in [5.41, 5.74) is 21.8. The van der Waals surface area contributed by atoms with E-state index in [1.54, 1.807) is 0 Å². The minimum Gasteiger partial charge on any atom is -0.324 e. The molecule has 228 valence electrons. The number of hydrogen-bond donors (Lipinski definition) is 5. The Hall–Kier alpha value is -0.320. The van der Waals surface area contributed by atoms with Crippen molar-refractivity contribution >= 4 is 0 Å². The molecule has 4 aliphatic rings. The first kappa shape index (κ1) is 31.6. The zero-order valence-corrected chi connectivity index (χ0v) is 25.8. The third kappa shape index (κ3) is 8.16. The first-order valence-corrected chi connectivity index (χ1v) is 17.0. The first-order chi connectivity index (χ1) is 18.9. The molecule has 2 heterocycles. The van der Waals surface area contributed by atoms with Gasteiger partial charge in [-0.2, -0.15) is 0 Å². The average molecular weight is 549 g/mol. The van der Waals surface area contributed by atoms with Crippen LogP contribution in [0.2, 0.25) is 0 Å². The second-order valence-electron chi connectivity index (χ2n) is 13.6. The van der Waals surface area contributed by atoms with E-state index in [1.807, 2.05) is 0 Å². The van der Waals surface area contributed by atoms with E-state index in [2.05, 4.69) is 44.9 Å². The van der Waals surface area contributed by atoms with Crippen molar-refractivity contribution in [2.24, 2.45) is 11.5 Å². The Morgan fingerprint density at radius 2 is 1.33 bits per heavy atom. The summed E-state index contributed by atoms with van der Waals surface area (Å²) in [7, 11) is 0. The lowest BCUT2D eigenvalue weighted by atomic mass is 9.82. The molecule has 0 amide bonds. The van der Waals surface area contributed by atoms with E-state index in [0.717, 1.165) is 77.9 Å². The normalized spacial score (nSPS) is 30.2. The lowest BCUT2D eigenvalue weighted by Gasteiger charge is -2.60. The van der Waals surface area contributed by atoms with Crippen LogP contribution < -0.4 is 27.6 Å². The zero-order valence-electron chi connectivity index (χ0n) is 25.8. The highest BCUT2D eigenvalue weighted by Crippen LogP contribution is 2.35. The quantitative estimate of drug-likeness (QED) is 0.208. The summed E-state index contributed by atoms with van der Waals surface area (Å²) < 4.78 is 0. The maximum Gasteiger partial charge on any atom is 0.158 e. The lowest BCUT2D eigenvalue weighted by Crippen LogP contribution is -2.83. The molecule has 2 aliphatic heterocycles. The molecule has 7 N–H and O–H groups in total. The second kappa shape index (κ2) is 15.2. The van der Waals surface area contributed by atoms with Gasteiger partial charge in [-0.1, -0.05) is 65.2 Å². The summed E-state index contributed by atoms with van der Waals surface area (Å²) in [5, 5.41) is 9.44. The number of piperidine rings is 2. The number of likely N-dealkylation sites (tertiary alicyclic amines) is 1. The van der Waals surface area contributed by atoms with Crippen molar-refractivity contribution < 1.29 is 0 Å². The van der Waals surface area contributed by atoms with Gasteiger partial charge in [0.1, 0.15) is 0 Å². The summed E-state index contributed by atoms with van der Waals surface area (Å²) in [6.45, 7) is 11.8. The molecule has 39 heavy (non-hydrogen) atoms. The molecule has 2 unspecified atom stereocenters. The fraction of sp³-hybridized carbons (Fsp3) is 1.00. The maximum absolute atomic E-state index is 7.01. The fourth-order valence-electron chi connectivity index (χ4n) is 7.91. The Morgan fingerprint density at radius 1 is 0.744 bits per heavy atom. The molecule has 8 heteroatoms. The Kier molecular flexibility index (Phi) is 12.4. The molecular formula is C31H64N8. The van der Waals surface area contributed by atoms with Crippen LogP contribution in [0, 0.1) is 0 Å². The summed E-state index contributed by atoms with van der Waals surface area (Å²) in [4.78, 5) is 2.80. The van der Waals surface area contributed by atoms with Crippen LogP contribution in [0.5, 0.6) is 0 Å². The van der Waals surface area contributed by atoms with Gasteiger partial charge in [-0.15, -0.1) is 0 Å². The molecule has 0 radical (unpaired) electrons. The van der Waals surface area contributed by atoms with E-state index in [4.69, 9.17) is 11.5 Å². The predicted molar refractivity (Wildman–Crippen MR) is 164 cm³/mol. The Labute approximate surface area is 240 Å². The van der Waals surface area contributed by atoms with Gasteiger partial charge in [-0.25, -0.2) is 10.0 Å². The minimum absolute atomic E-state index is 0.0762. The van der Waals surface area contributed by atoms with Crippen LogP contribution in [0.3, 0.4) is 0 Å². The van der Waals surface area contributed by atoms with Crippen LogP contribution in [0.4, 0.5) is 0 Å². The van der Waals surface area contributed by atoms with Crippen LogP contribution in [0.15, 0.2) is 0 Å². The van der Waals surface area contributed by atoms with Crippen LogP contribution in [-0.2, 0) is 0 Å². The Bertz CT molecular complexity index is 686. The number of unbranched alkanes of at least 4 members (excludes halogenated alkanes) is 1. The highest BCUT2D eigenvalue weighted by Gasteiger charge is 2.53. The van der Waals surface area contributed by atoms with Crippen molar-refractivity contribution in [2.45, 2.75) is 152 Å². The number of hydrazine groups is 2. The number of nitrogens with two attached hydrogens (primary N) is 2. The van der Waals surface area contributed by atoms with Gasteiger partial charge in [0.25, 0.3) is 0 Å². The monoisotopic (exact) mass is 549 g/mol. The molecule has 4 rings (SSSR count). The fourth-order valence-corrected chi connectivity index (χ4v) is 7.91. The molecule has 0 aromatic heterocycles. The van der Waals surface area contributed by atoms with Crippen LogP contribution in [0.25, 0.3) is 0 Å². The standard InChI is InChI=1S/C31H64N8/c1-3-5-25-39(36-27-30(33)19-11-7-12-20-30)31(37-23-13-8-14-24-37)28(16-15-21-34-31)38(22-4-2)35-26-29(32)17-9-6-10-18-29/h28,34-36H,3-27,32-33H2,1-2H3. The van der Waals surface area contributed by atoms with Gasteiger partial charge in [0, 0.05) is 50.3 Å². The molecule has 0 aromatic rings. The summed E-state index contributed by atoms with van der Waals surface area (Å²) in [5.74, 6) is -0.255. The molecule has 0 bridgehead atoms. The van der Waals surface area contributed by atoms with Gasteiger partial charge in [0.05, 0.1) is 6.04 Å². The van der Waals surface area contributed by atoms with Gasteiger partial charge >= 0.3 is 0 Å². The molecule has 0 aromatic carbocycles. The van der Waals surface area contributed by atoms with Gasteiger partial charge in [0.15, 0.2) is 5.79 Å². The minimum atomic E-state index is -0.255. The van der Waals surface area contributed by atoms with Crippen molar-refractivity contribution in [3.63, 3.8) is 0 Å². The van der Waals surface area contributed by atoms with E-state index in [0.29, 0.717) is 6.04 Å². The van der Waals surface area contributed by atoms with Crippen LogP contribution in [-0.4, -0.2) is 83.6 Å². The number of nitrogens with one attached hydrogen (secondary N) is 3. The number of rotatable bonds is 14. The van der Waals surface area contributed by atoms with E-state index in [-0.39, 0.29) is 16.9 Å². The highest BCUT2D eigenvalue weighted by atomic mass is 15.7. The van der Waals surface area contributed by atoms with Crippen molar-refractivity contribution in [3.05, 3.63) is 0 Å². The van der Waals surface area contributed by atoms with Gasteiger partial charge < -0.3 is 11.5 Å². The molecule has 4 fully saturated rings. The average Bonchev–Trinajstić information content (AvgIpc) is 2.96. The zero-order chi connectivity index (χ0) is 27.6. The van der Waals surface area contributed by atoms with Crippen molar-refractivity contribution in [2.75, 3.05) is 45.8 Å². The van der Waals surface area contributed by atoms with E-state index < -0.39 is 0 Å². The third-order valence-corrected chi connectivity index (χ3v) is 10.3. The summed E-state index contributed by atoms with van der Waals surface area (Å²) >= 11 is 0. The maximum atomic E-state index is 7.01. The van der Waals surface area contributed by atoms with Crippen LogP contribution >= 0.6 is 0 Å². The van der Waals surface area contributed by atoms with Gasteiger partial charge in [-0.3, -0.25) is 21.1 Å². The smallest absolute Gasteiger partial charge is 0.158 e. The van der Waals surface area contributed by atoms with Crippen molar-refractivity contribution in [1.29, 1.82) is 0 Å². The Balaban J connectivity index is 1.63. The molecular weight excluding hydrogens is 484 g/mol. The molecule has 2 aliphatic carbocycles. The molecule has 0 spiro atoms. The number of hydrogen-bond acceptors (Lipinski definition) is 8. The molecule has 2 saturated heterocycles. The van der Waals surface area contributed by atoms with E-state index in [9.17, 15) is 0 Å². The van der Waals surface area contributed by atoms with Crippen molar-refractivity contribution in [3.8, 4) is 0 Å². The van der Waals surface area contributed by atoms with E-state index in [1.165, 1.54) is 83.5 Å². The lowest BCUT2D eigenvalue weighted by molar-refractivity contribution is -0.187. The largest absolute Gasteiger partial charge is 0.324 e. The van der Waals surface area contributed by atoms with E-state index >= 15 is 0 Å². The topological polar surface area (TPSA) is 97.8 Å². The molecule has 2 saturated carbocycles. The predicted octanol–water partition coefficient (Wildman–Crippen LogP) is 4.02. The summed E-state index contributed by atoms with van der Waals surface area (Å²) in [6, 6.07) is 0.334. The second-order valence-corrected chi connectivity index (χ2v) is 13.6. The Morgan fingerprint density at radius 3 is 1.92 bits per heavy atom. The van der Waals surface area contributed by atoms with Gasteiger partial charge in [0.2, 0.25) is 0 Å². The third-order valence-electron chi connectivity index (χ3n) is 10.3. The highest BCUT2D eigenvalue weighted by molar-refractivity contribution is 5.03. The number of nitrogens with zero attached hydrogens (tertiary/aromatic N) is 3. The van der Waals surface area contributed by atoms with Crippen molar-refractivity contribution in [1.82, 2.24) is 31.1 Å². The molecule has 8 nitrogen and oxygen atoms in total. The van der Waals surface area contributed by atoms with Crippen LogP contribution in [0.1, 0.15) is 129 Å². The molecule has 2 atom stereocenters.